The number of hydrogen-bond donors (Lipinski definition) is 1. The molecule has 0 bridgehead atoms. The highest BCUT2D eigenvalue weighted by atomic mass is 127. The summed E-state index contributed by atoms with van der Waals surface area (Å²) in [4.78, 5) is 9.98. The van der Waals surface area contributed by atoms with Crippen LogP contribution in [0.15, 0.2) is 4.99 Å². The number of guanidine groups is 1. The minimum Gasteiger partial charge on any atom is -0.357 e. The third kappa shape index (κ3) is 7.68. The zero-order valence-electron chi connectivity index (χ0n) is 15.8. The topological polar surface area (TPSA) is 30.9 Å². The van der Waals surface area contributed by atoms with Crippen LogP contribution in [0.25, 0.3) is 0 Å². The van der Waals surface area contributed by atoms with Gasteiger partial charge in [0.25, 0.3) is 0 Å². The predicted molar refractivity (Wildman–Crippen MR) is 119 cm³/mol. The number of thioether (sulfide) groups is 1. The van der Waals surface area contributed by atoms with E-state index in [2.05, 4.69) is 47.6 Å². The molecule has 6 heteroatoms. The number of nitrogens with zero attached hydrogens (tertiary/aromatic N) is 3. The van der Waals surface area contributed by atoms with Crippen molar-refractivity contribution in [2.75, 3.05) is 51.6 Å². The normalized spacial score (nSPS) is 22.8. The monoisotopic (exact) mass is 468 g/mol. The second kappa shape index (κ2) is 12.6. The van der Waals surface area contributed by atoms with E-state index in [4.69, 9.17) is 4.99 Å². The van der Waals surface area contributed by atoms with E-state index in [1.54, 1.807) is 0 Å². The van der Waals surface area contributed by atoms with Crippen molar-refractivity contribution in [3.05, 3.63) is 0 Å². The molecule has 2 saturated heterocycles. The van der Waals surface area contributed by atoms with Crippen LogP contribution < -0.4 is 5.32 Å². The van der Waals surface area contributed by atoms with Crippen molar-refractivity contribution in [3.63, 3.8) is 0 Å². The molecule has 0 spiro atoms. The molecule has 0 aromatic heterocycles. The van der Waals surface area contributed by atoms with Crippen LogP contribution in [0.3, 0.4) is 0 Å². The quantitative estimate of drug-likeness (QED) is 0.268. The predicted octanol–water partition coefficient (Wildman–Crippen LogP) is 3.52. The first-order chi connectivity index (χ1) is 11.2. The van der Waals surface area contributed by atoms with Gasteiger partial charge in [0.15, 0.2) is 5.96 Å². The number of halogens is 1. The molecule has 1 atom stereocenters. The van der Waals surface area contributed by atoms with Gasteiger partial charge in [-0.25, -0.2) is 0 Å². The van der Waals surface area contributed by atoms with Crippen LogP contribution in [0, 0.1) is 5.92 Å². The van der Waals surface area contributed by atoms with E-state index in [1.807, 2.05) is 0 Å². The van der Waals surface area contributed by atoms with Gasteiger partial charge in [-0.3, -0.25) is 4.99 Å². The first-order valence-corrected chi connectivity index (χ1v) is 10.6. The second-order valence-corrected chi connectivity index (χ2v) is 8.44. The number of aliphatic imine (C=N–C) groups is 1. The Morgan fingerprint density at radius 1 is 1.21 bits per heavy atom. The van der Waals surface area contributed by atoms with E-state index in [0.717, 1.165) is 43.3 Å². The minimum atomic E-state index is 0. The third-order valence-electron chi connectivity index (χ3n) is 4.81. The van der Waals surface area contributed by atoms with Gasteiger partial charge in [0.1, 0.15) is 0 Å². The van der Waals surface area contributed by atoms with Crippen molar-refractivity contribution < 1.29 is 0 Å². The summed E-state index contributed by atoms with van der Waals surface area (Å²) in [6.07, 6.45) is 5.29. The smallest absolute Gasteiger partial charge is 0.193 e. The number of unbranched alkanes of at least 4 members (excludes halogenated alkanes) is 1. The van der Waals surface area contributed by atoms with Crippen LogP contribution in [-0.2, 0) is 0 Å². The van der Waals surface area contributed by atoms with Gasteiger partial charge in [-0.1, -0.05) is 13.8 Å². The maximum atomic E-state index is 4.90. The number of hydrogen-bond acceptors (Lipinski definition) is 3. The second-order valence-electron chi connectivity index (χ2n) is 7.09. The van der Waals surface area contributed by atoms with Crippen molar-refractivity contribution >= 4 is 41.7 Å². The molecule has 2 fully saturated rings. The Bertz CT molecular complexity index is 359. The molecule has 1 N–H and O–H groups in total. The van der Waals surface area contributed by atoms with Crippen LogP contribution in [-0.4, -0.2) is 72.6 Å². The number of nitrogens with one attached hydrogen (secondary N) is 1. The van der Waals surface area contributed by atoms with Crippen molar-refractivity contribution in [3.8, 4) is 0 Å². The molecule has 0 aromatic carbocycles. The van der Waals surface area contributed by atoms with E-state index >= 15 is 0 Å². The summed E-state index contributed by atoms with van der Waals surface area (Å²) in [6, 6.07) is 0. The molecule has 0 aliphatic carbocycles. The molecule has 24 heavy (non-hydrogen) atoms. The van der Waals surface area contributed by atoms with Gasteiger partial charge in [0.2, 0.25) is 0 Å². The zero-order valence-corrected chi connectivity index (χ0v) is 18.9. The molecule has 142 valence electrons. The molecular weight excluding hydrogens is 431 g/mol. The van der Waals surface area contributed by atoms with Crippen LogP contribution in [0.4, 0.5) is 0 Å². The summed E-state index contributed by atoms with van der Waals surface area (Å²) < 4.78 is 0. The average Bonchev–Trinajstić information content (AvgIpc) is 3.07. The Hall–Kier alpha value is 0.310. The standard InChI is InChI=1S/C18H36N4S.HI/c1-4-19-18(22-13-14-23-17(15-22)16(2)3)20-9-5-6-10-21-11-7-8-12-21;/h16-17H,4-15H2,1-3H3,(H,19,20);1H. The largest absolute Gasteiger partial charge is 0.357 e. The fraction of sp³-hybridized carbons (Fsp3) is 0.944. The van der Waals surface area contributed by atoms with Crippen molar-refractivity contribution in [2.45, 2.75) is 51.7 Å². The third-order valence-corrected chi connectivity index (χ3v) is 6.35. The summed E-state index contributed by atoms with van der Waals surface area (Å²) in [7, 11) is 0. The lowest BCUT2D eigenvalue weighted by Gasteiger charge is -2.36. The van der Waals surface area contributed by atoms with Gasteiger partial charge in [-0.15, -0.1) is 24.0 Å². The number of likely N-dealkylation sites (tertiary alicyclic amines) is 1. The average molecular weight is 468 g/mol. The zero-order chi connectivity index (χ0) is 16.5. The SMILES string of the molecule is CCNC(=NCCCCN1CCCC1)N1CCSC(C(C)C)C1.I. The molecule has 2 rings (SSSR count). The molecule has 2 aliphatic rings. The molecule has 0 radical (unpaired) electrons. The molecule has 0 aromatic rings. The highest BCUT2D eigenvalue weighted by Gasteiger charge is 2.24. The fourth-order valence-electron chi connectivity index (χ4n) is 3.34. The van der Waals surface area contributed by atoms with Crippen molar-refractivity contribution in [1.82, 2.24) is 15.1 Å². The van der Waals surface area contributed by atoms with Crippen LogP contribution in [0.2, 0.25) is 0 Å². The lowest BCUT2D eigenvalue weighted by molar-refractivity contribution is 0.330. The molecular formula is C18H37IN4S. The van der Waals surface area contributed by atoms with Gasteiger partial charge < -0.3 is 15.1 Å². The van der Waals surface area contributed by atoms with E-state index in [0.29, 0.717) is 0 Å². The lowest BCUT2D eigenvalue weighted by atomic mass is 10.1. The van der Waals surface area contributed by atoms with Gasteiger partial charge in [0.05, 0.1) is 0 Å². The van der Waals surface area contributed by atoms with Gasteiger partial charge in [-0.2, -0.15) is 11.8 Å². The van der Waals surface area contributed by atoms with E-state index < -0.39 is 0 Å². The Labute approximate surface area is 170 Å². The van der Waals surface area contributed by atoms with Crippen LogP contribution in [0.1, 0.15) is 46.5 Å². The van der Waals surface area contributed by atoms with Crippen molar-refractivity contribution in [1.29, 1.82) is 0 Å². The highest BCUT2D eigenvalue weighted by molar-refractivity contribution is 14.0. The van der Waals surface area contributed by atoms with E-state index in [1.165, 1.54) is 51.1 Å². The molecule has 0 amide bonds. The van der Waals surface area contributed by atoms with Crippen LogP contribution in [0.5, 0.6) is 0 Å². The van der Waals surface area contributed by atoms with Crippen molar-refractivity contribution in [2.24, 2.45) is 10.9 Å². The summed E-state index contributed by atoms with van der Waals surface area (Å²) in [6.45, 7) is 14.9. The first kappa shape index (κ1) is 22.4. The van der Waals surface area contributed by atoms with Gasteiger partial charge in [0, 0.05) is 37.2 Å². The minimum absolute atomic E-state index is 0. The summed E-state index contributed by atoms with van der Waals surface area (Å²) in [5.41, 5.74) is 0. The first-order valence-electron chi connectivity index (χ1n) is 9.58. The Kier molecular flexibility index (Phi) is 11.8. The Balaban J connectivity index is 0.00000288. The molecule has 4 nitrogen and oxygen atoms in total. The Morgan fingerprint density at radius 3 is 2.62 bits per heavy atom. The lowest BCUT2D eigenvalue weighted by Crippen LogP contribution is -2.49. The van der Waals surface area contributed by atoms with E-state index in [9.17, 15) is 0 Å². The van der Waals surface area contributed by atoms with E-state index in [-0.39, 0.29) is 24.0 Å². The van der Waals surface area contributed by atoms with Crippen LogP contribution >= 0.6 is 35.7 Å². The molecule has 0 saturated carbocycles. The Morgan fingerprint density at radius 2 is 1.96 bits per heavy atom. The number of rotatable bonds is 7. The maximum absolute atomic E-state index is 4.90. The van der Waals surface area contributed by atoms with Gasteiger partial charge in [-0.05, 0) is 58.2 Å². The maximum Gasteiger partial charge on any atom is 0.193 e. The van der Waals surface area contributed by atoms with Gasteiger partial charge >= 0.3 is 0 Å². The molecule has 2 heterocycles. The fourth-order valence-corrected chi connectivity index (χ4v) is 4.63. The summed E-state index contributed by atoms with van der Waals surface area (Å²) in [5, 5.41) is 4.24. The summed E-state index contributed by atoms with van der Waals surface area (Å²) in [5.74, 6) is 3.10. The summed E-state index contributed by atoms with van der Waals surface area (Å²) >= 11 is 2.13. The molecule has 2 aliphatic heterocycles. The molecule has 1 unspecified atom stereocenters. The highest BCUT2D eigenvalue weighted by Crippen LogP contribution is 2.24.